The summed E-state index contributed by atoms with van der Waals surface area (Å²) in [6, 6.07) is 17.7. The van der Waals surface area contributed by atoms with Gasteiger partial charge < -0.3 is 16.0 Å². The SMILES string of the molecule is O=C(CNc1ccc(C(=O)NC2CCCCC2)cc1)NCCc1ccccc1. The zero-order valence-corrected chi connectivity index (χ0v) is 16.2. The first kappa shape index (κ1) is 19.9. The van der Waals surface area contributed by atoms with Crippen LogP contribution in [0.4, 0.5) is 5.69 Å². The molecular weight excluding hydrogens is 350 g/mol. The highest BCUT2D eigenvalue weighted by molar-refractivity contribution is 5.94. The fourth-order valence-electron chi connectivity index (χ4n) is 3.49. The van der Waals surface area contributed by atoms with Gasteiger partial charge in [-0.15, -0.1) is 0 Å². The number of anilines is 1. The molecule has 1 aliphatic rings. The highest BCUT2D eigenvalue weighted by Crippen LogP contribution is 2.18. The van der Waals surface area contributed by atoms with Gasteiger partial charge in [-0.3, -0.25) is 9.59 Å². The summed E-state index contributed by atoms with van der Waals surface area (Å²) in [7, 11) is 0. The van der Waals surface area contributed by atoms with Crippen molar-refractivity contribution in [1.29, 1.82) is 0 Å². The van der Waals surface area contributed by atoms with Crippen molar-refractivity contribution < 1.29 is 9.59 Å². The Morgan fingerprint density at radius 2 is 1.61 bits per heavy atom. The van der Waals surface area contributed by atoms with Gasteiger partial charge in [0.2, 0.25) is 5.91 Å². The molecule has 0 atom stereocenters. The molecule has 2 aromatic carbocycles. The Kier molecular flexibility index (Phi) is 7.47. The minimum absolute atomic E-state index is 0.0166. The summed E-state index contributed by atoms with van der Waals surface area (Å²) in [5.74, 6) is -0.0628. The molecule has 1 saturated carbocycles. The van der Waals surface area contributed by atoms with Crippen molar-refractivity contribution in [3.63, 3.8) is 0 Å². The van der Waals surface area contributed by atoms with Crippen molar-refractivity contribution in [3.8, 4) is 0 Å². The number of hydrogen-bond donors (Lipinski definition) is 3. The quantitative estimate of drug-likeness (QED) is 0.657. The lowest BCUT2D eigenvalue weighted by Gasteiger charge is -2.22. The van der Waals surface area contributed by atoms with Crippen LogP contribution in [0.5, 0.6) is 0 Å². The minimum atomic E-state index is -0.0463. The molecule has 5 heteroatoms. The topological polar surface area (TPSA) is 70.2 Å². The zero-order chi connectivity index (χ0) is 19.6. The van der Waals surface area contributed by atoms with E-state index in [2.05, 4.69) is 28.1 Å². The van der Waals surface area contributed by atoms with Gasteiger partial charge in [0.15, 0.2) is 0 Å². The van der Waals surface area contributed by atoms with E-state index in [-0.39, 0.29) is 18.4 Å². The minimum Gasteiger partial charge on any atom is -0.376 e. The summed E-state index contributed by atoms with van der Waals surface area (Å²) < 4.78 is 0. The van der Waals surface area contributed by atoms with Gasteiger partial charge in [0, 0.05) is 23.8 Å². The number of hydrogen-bond acceptors (Lipinski definition) is 3. The predicted molar refractivity (Wildman–Crippen MR) is 112 cm³/mol. The summed E-state index contributed by atoms with van der Waals surface area (Å²) in [6.45, 7) is 0.827. The molecule has 0 radical (unpaired) electrons. The van der Waals surface area contributed by atoms with E-state index >= 15 is 0 Å². The normalized spacial score (nSPS) is 14.3. The molecule has 148 valence electrons. The van der Waals surface area contributed by atoms with Gasteiger partial charge in [-0.1, -0.05) is 49.6 Å². The maximum Gasteiger partial charge on any atom is 0.251 e. The zero-order valence-electron chi connectivity index (χ0n) is 16.2. The summed E-state index contributed by atoms with van der Waals surface area (Å²) in [4.78, 5) is 24.3. The van der Waals surface area contributed by atoms with Crippen LogP contribution in [0, 0.1) is 0 Å². The fraction of sp³-hybridized carbons (Fsp3) is 0.391. The Morgan fingerprint density at radius 1 is 0.893 bits per heavy atom. The maximum absolute atomic E-state index is 12.3. The molecule has 3 N–H and O–H groups in total. The van der Waals surface area contributed by atoms with E-state index in [1.54, 1.807) is 12.1 Å². The third-order valence-electron chi connectivity index (χ3n) is 5.12. The van der Waals surface area contributed by atoms with E-state index in [1.807, 2.05) is 30.3 Å². The number of benzene rings is 2. The summed E-state index contributed by atoms with van der Waals surface area (Å²) in [6.07, 6.45) is 6.63. The van der Waals surface area contributed by atoms with Crippen LogP contribution in [0.25, 0.3) is 0 Å². The molecule has 3 rings (SSSR count). The lowest BCUT2D eigenvalue weighted by molar-refractivity contribution is -0.119. The first-order valence-corrected chi connectivity index (χ1v) is 10.2. The van der Waals surface area contributed by atoms with Gasteiger partial charge in [0.25, 0.3) is 5.91 Å². The lowest BCUT2D eigenvalue weighted by atomic mass is 9.95. The Hall–Kier alpha value is -2.82. The van der Waals surface area contributed by atoms with Crippen LogP contribution in [0.2, 0.25) is 0 Å². The van der Waals surface area contributed by atoms with Crippen LogP contribution in [0.1, 0.15) is 48.0 Å². The first-order chi connectivity index (χ1) is 13.7. The van der Waals surface area contributed by atoms with Crippen LogP contribution in [-0.2, 0) is 11.2 Å². The summed E-state index contributed by atoms with van der Waals surface area (Å²) in [5.41, 5.74) is 2.69. The number of carbonyl (C=O) groups is 2. The molecular formula is C23H29N3O2. The van der Waals surface area contributed by atoms with Gasteiger partial charge in [-0.05, 0) is 49.1 Å². The number of nitrogens with one attached hydrogen (secondary N) is 3. The third-order valence-corrected chi connectivity index (χ3v) is 5.12. The molecule has 28 heavy (non-hydrogen) atoms. The molecule has 0 saturated heterocycles. The highest BCUT2D eigenvalue weighted by atomic mass is 16.2. The van der Waals surface area contributed by atoms with Crippen molar-refractivity contribution in [1.82, 2.24) is 10.6 Å². The average molecular weight is 380 g/mol. The van der Waals surface area contributed by atoms with Crippen LogP contribution >= 0.6 is 0 Å². The highest BCUT2D eigenvalue weighted by Gasteiger charge is 2.16. The Balaban J connectivity index is 1.37. The van der Waals surface area contributed by atoms with Crippen molar-refractivity contribution in [2.24, 2.45) is 0 Å². The van der Waals surface area contributed by atoms with Gasteiger partial charge in [0.1, 0.15) is 0 Å². The number of amides is 2. The van der Waals surface area contributed by atoms with Crippen molar-refractivity contribution in [2.75, 3.05) is 18.4 Å². The Labute approximate surface area is 166 Å². The van der Waals surface area contributed by atoms with E-state index in [4.69, 9.17) is 0 Å². The smallest absolute Gasteiger partial charge is 0.251 e. The number of carbonyl (C=O) groups excluding carboxylic acids is 2. The lowest BCUT2D eigenvalue weighted by Crippen LogP contribution is -2.36. The molecule has 0 aromatic heterocycles. The van der Waals surface area contributed by atoms with E-state index in [9.17, 15) is 9.59 Å². The molecule has 0 unspecified atom stereocenters. The second-order valence-corrected chi connectivity index (χ2v) is 7.32. The van der Waals surface area contributed by atoms with Crippen LogP contribution in [-0.4, -0.2) is 30.9 Å². The van der Waals surface area contributed by atoms with E-state index in [1.165, 1.54) is 24.8 Å². The number of rotatable bonds is 8. The second-order valence-electron chi connectivity index (χ2n) is 7.32. The summed E-state index contributed by atoms with van der Waals surface area (Å²) in [5, 5.41) is 9.13. The van der Waals surface area contributed by atoms with Crippen molar-refractivity contribution in [3.05, 3.63) is 65.7 Å². The van der Waals surface area contributed by atoms with Crippen LogP contribution < -0.4 is 16.0 Å². The van der Waals surface area contributed by atoms with E-state index < -0.39 is 0 Å². The second kappa shape index (κ2) is 10.5. The van der Waals surface area contributed by atoms with Gasteiger partial charge in [-0.25, -0.2) is 0 Å². The maximum atomic E-state index is 12.3. The molecule has 5 nitrogen and oxygen atoms in total. The predicted octanol–water partition coefficient (Wildman–Crippen LogP) is 3.52. The standard InChI is InChI=1S/C23H29N3O2/c27-22(24-16-15-18-7-3-1-4-8-18)17-25-20-13-11-19(12-14-20)23(28)26-21-9-5-2-6-10-21/h1,3-4,7-8,11-14,21,25H,2,5-6,9-10,15-17H2,(H,24,27)(H,26,28). The van der Waals surface area contributed by atoms with Crippen LogP contribution in [0.3, 0.4) is 0 Å². The molecule has 0 heterocycles. The van der Waals surface area contributed by atoms with Crippen LogP contribution in [0.15, 0.2) is 54.6 Å². The van der Waals surface area contributed by atoms with Gasteiger partial charge >= 0.3 is 0 Å². The Bertz CT molecular complexity index is 753. The fourth-order valence-corrected chi connectivity index (χ4v) is 3.49. The van der Waals surface area contributed by atoms with Gasteiger partial charge in [-0.2, -0.15) is 0 Å². The molecule has 1 aliphatic carbocycles. The third kappa shape index (κ3) is 6.41. The Morgan fingerprint density at radius 3 is 2.32 bits per heavy atom. The monoisotopic (exact) mass is 379 g/mol. The van der Waals surface area contributed by atoms with E-state index in [0.29, 0.717) is 18.2 Å². The molecule has 0 spiro atoms. The first-order valence-electron chi connectivity index (χ1n) is 10.2. The van der Waals surface area contributed by atoms with Gasteiger partial charge in [0.05, 0.1) is 6.54 Å². The molecule has 0 bridgehead atoms. The largest absolute Gasteiger partial charge is 0.376 e. The molecule has 2 amide bonds. The van der Waals surface area contributed by atoms with Crippen molar-refractivity contribution in [2.45, 2.75) is 44.6 Å². The average Bonchev–Trinajstić information content (AvgIpc) is 2.74. The molecule has 2 aromatic rings. The van der Waals surface area contributed by atoms with Crippen molar-refractivity contribution >= 4 is 17.5 Å². The molecule has 1 fully saturated rings. The molecule has 0 aliphatic heterocycles. The summed E-state index contributed by atoms with van der Waals surface area (Å²) >= 11 is 0. The van der Waals surface area contributed by atoms with E-state index in [0.717, 1.165) is 24.9 Å².